The molecule has 2 atom stereocenters. The number of carbonyl (C=O) groups is 1. The molecule has 0 bridgehead atoms. The topological polar surface area (TPSA) is 56.1 Å². The van der Waals surface area contributed by atoms with Gasteiger partial charge in [0.05, 0.1) is 17.1 Å². The summed E-state index contributed by atoms with van der Waals surface area (Å²) in [7, 11) is 0. The summed E-state index contributed by atoms with van der Waals surface area (Å²) < 4.78 is 7.75. The first-order valence-electron chi connectivity index (χ1n) is 10.5. The van der Waals surface area contributed by atoms with Gasteiger partial charge in [-0.05, 0) is 54.3 Å². The van der Waals surface area contributed by atoms with Gasteiger partial charge in [-0.1, -0.05) is 48.5 Å². The third-order valence-electron chi connectivity index (χ3n) is 5.81. The highest BCUT2D eigenvalue weighted by atomic mass is 16.5. The van der Waals surface area contributed by atoms with Gasteiger partial charge in [0, 0.05) is 13.2 Å². The number of rotatable bonds is 5. The molecule has 0 spiro atoms. The Balaban J connectivity index is 1.49. The number of aromatic nitrogens is 2. The molecular weight excluding hydrogens is 374 g/mol. The van der Waals surface area contributed by atoms with Gasteiger partial charge in [0.2, 0.25) is 5.91 Å². The lowest BCUT2D eigenvalue weighted by Crippen LogP contribution is -2.36. The zero-order valence-corrected chi connectivity index (χ0v) is 17.0. The van der Waals surface area contributed by atoms with E-state index >= 15 is 0 Å². The smallest absolute Gasteiger partial charge is 0.249 e. The number of benzene rings is 3. The third kappa shape index (κ3) is 3.57. The number of hydrogen-bond donors (Lipinski definition) is 1. The van der Waals surface area contributed by atoms with Crippen LogP contribution in [0.3, 0.4) is 0 Å². The molecule has 0 aliphatic carbocycles. The number of fused-ring (bicyclic) bond motifs is 2. The molecule has 1 saturated heterocycles. The molecule has 0 radical (unpaired) electrons. The van der Waals surface area contributed by atoms with Crippen LogP contribution in [0.4, 0.5) is 0 Å². The van der Waals surface area contributed by atoms with E-state index in [1.807, 2.05) is 25.1 Å². The highest BCUT2D eigenvalue weighted by Crippen LogP contribution is 2.24. The molecule has 1 fully saturated rings. The predicted octanol–water partition coefficient (Wildman–Crippen LogP) is 4.59. The molecule has 1 aliphatic heterocycles. The van der Waals surface area contributed by atoms with Crippen molar-refractivity contribution in [1.82, 2.24) is 14.9 Å². The molecule has 1 N–H and O–H groups in total. The van der Waals surface area contributed by atoms with E-state index in [1.54, 1.807) is 0 Å². The molecule has 152 valence electrons. The summed E-state index contributed by atoms with van der Waals surface area (Å²) in [6, 6.07) is 22.8. The minimum Gasteiger partial charge on any atom is -0.368 e. The van der Waals surface area contributed by atoms with Gasteiger partial charge >= 0.3 is 0 Å². The molecule has 0 saturated carbocycles. The van der Waals surface area contributed by atoms with Gasteiger partial charge in [-0.3, -0.25) is 4.79 Å². The zero-order valence-electron chi connectivity index (χ0n) is 17.0. The van der Waals surface area contributed by atoms with E-state index in [0.717, 1.165) is 29.7 Å². The quantitative estimate of drug-likeness (QED) is 0.534. The normalized spacial score (nSPS) is 17.4. The second-order valence-electron chi connectivity index (χ2n) is 7.96. The van der Waals surface area contributed by atoms with E-state index < -0.39 is 0 Å². The van der Waals surface area contributed by atoms with Crippen LogP contribution >= 0.6 is 0 Å². The molecule has 1 aromatic heterocycles. The van der Waals surface area contributed by atoms with Crippen molar-refractivity contribution in [3.05, 3.63) is 78.1 Å². The molecular formula is C25H25N3O2. The van der Waals surface area contributed by atoms with Crippen LogP contribution in [0.25, 0.3) is 21.8 Å². The van der Waals surface area contributed by atoms with Gasteiger partial charge in [-0.2, -0.15) is 0 Å². The van der Waals surface area contributed by atoms with Crippen molar-refractivity contribution in [2.24, 2.45) is 0 Å². The van der Waals surface area contributed by atoms with E-state index in [9.17, 15) is 4.79 Å². The van der Waals surface area contributed by atoms with Crippen LogP contribution in [0.15, 0.2) is 66.7 Å². The van der Waals surface area contributed by atoms with Crippen molar-refractivity contribution in [3.63, 3.8) is 0 Å². The zero-order chi connectivity index (χ0) is 20.5. The maximum Gasteiger partial charge on any atom is 0.249 e. The molecule has 5 nitrogen and oxygen atoms in total. The number of nitrogens with zero attached hydrogens (tertiary/aromatic N) is 2. The average molecular weight is 399 g/mol. The van der Waals surface area contributed by atoms with E-state index in [2.05, 4.69) is 58.4 Å². The van der Waals surface area contributed by atoms with Crippen LogP contribution in [0.1, 0.15) is 37.2 Å². The summed E-state index contributed by atoms with van der Waals surface area (Å²) in [4.78, 5) is 17.4. The van der Waals surface area contributed by atoms with Crippen LogP contribution < -0.4 is 5.32 Å². The SMILES string of the molecule is CC(NC(=O)C1CCCO1)c1nc2ccccc2n1Cc1ccc2ccccc2c1. The first-order chi connectivity index (χ1) is 14.7. The van der Waals surface area contributed by atoms with Crippen molar-refractivity contribution in [1.29, 1.82) is 0 Å². The molecule has 5 heteroatoms. The summed E-state index contributed by atoms with van der Waals surface area (Å²) in [6.07, 6.45) is 1.38. The summed E-state index contributed by atoms with van der Waals surface area (Å²) >= 11 is 0. The lowest BCUT2D eigenvalue weighted by atomic mass is 10.1. The highest BCUT2D eigenvalue weighted by molar-refractivity contribution is 5.83. The van der Waals surface area contributed by atoms with Crippen LogP contribution in [-0.4, -0.2) is 28.2 Å². The van der Waals surface area contributed by atoms with Crippen molar-refractivity contribution in [2.45, 2.75) is 38.5 Å². The maximum atomic E-state index is 12.6. The third-order valence-corrected chi connectivity index (χ3v) is 5.81. The first-order valence-corrected chi connectivity index (χ1v) is 10.5. The summed E-state index contributed by atoms with van der Waals surface area (Å²) in [6.45, 7) is 3.35. The van der Waals surface area contributed by atoms with Gasteiger partial charge in [0.1, 0.15) is 11.9 Å². The molecule has 30 heavy (non-hydrogen) atoms. The number of ether oxygens (including phenoxy) is 1. The van der Waals surface area contributed by atoms with Gasteiger partial charge < -0.3 is 14.6 Å². The van der Waals surface area contributed by atoms with Crippen molar-refractivity contribution in [2.75, 3.05) is 6.61 Å². The lowest BCUT2D eigenvalue weighted by Gasteiger charge is -2.18. The standard InChI is InChI=1S/C25H25N3O2/c1-17(26-25(29)23-11-6-14-30-23)24-27-21-9-4-5-10-22(21)28(24)16-18-12-13-19-7-2-3-8-20(19)15-18/h2-5,7-10,12-13,15,17,23H,6,11,14,16H2,1H3,(H,26,29). The molecule has 2 heterocycles. The van der Waals surface area contributed by atoms with Gasteiger partial charge in [0.15, 0.2) is 0 Å². The van der Waals surface area contributed by atoms with Gasteiger partial charge in [0.25, 0.3) is 0 Å². The van der Waals surface area contributed by atoms with Crippen LogP contribution in [0.5, 0.6) is 0 Å². The van der Waals surface area contributed by atoms with E-state index in [1.165, 1.54) is 16.3 Å². The van der Waals surface area contributed by atoms with Crippen LogP contribution in [-0.2, 0) is 16.1 Å². The number of carbonyl (C=O) groups excluding carboxylic acids is 1. The number of para-hydroxylation sites is 2. The Morgan fingerprint density at radius 3 is 2.77 bits per heavy atom. The number of hydrogen-bond acceptors (Lipinski definition) is 3. The van der Waals surface area contributed by atoms with Gasteiger partial charge in [-0.25, -0.2) is 4.98 Å². The second-order valence-corrected chi connectivity index (χ2v) is 7.96. The molecule has 5 rings (SSSR count). The Morgan fingerprint density at radius 2 is 1.93 bits per heavy atom. The average Bonchev–Trinajstić information content (AvgIpc) is 3.43. The number of amides is 1. The largest absolute Gasteiger partial charge is 0.368 e. The Bertz CT molecular complexity index is 1210. The molecule has 1 amide bonds. The minimum atomic E-state index is -0.342. The number of imidazole rings is 1. The fraction of sp³-hybridized carbons (Fsp3) is 0.280. The highest BCUT2D eigenvalue weighted by Gasteiger charge is 2.26. The Labute approximate surface area is 175 Å². The van der Waals surface area contributed by atoms with E-state index in [0.29, 0.717) is 13.2 Å². The number of nitrogens with one attached hydrogen (secondary N) is 1. The van der Waals surface area contributed by atoms with E-state index in [-0.39, 0.29) is 18.1 Å². The Hall–Kier alpha value is -3.18. The second kappa shape index (κ2) is 7.92. The van der Waals surface area contributed by atoms with E-state index in [4.69, 9.17) is 9.72 Å². The fourth-order valence-electron chi connectivity index (χ4n) is 4.27. The Kier molecular flexibility index (Phi) is 4.97. The van der Waals surface area contributed by atoms with Crippen molar-refractivity contribution in [3.8, 4) is 0 Å². The maximum absolute atomic E-state index is 12.6. The van der Waals surface area contributed by atoms with Crippen LogP contribution in [0.2, 0.25) is 0 Å². The molecule has 3 aromatic carbocycles. The molecule has 2 unspecified atom stereocenters. The summed E-state index contributed by atoms with van der Waals surface area (Å²) in [5.41, 5.74) is 3.21. The monoisotopic (exact) mass is 399 g/mol. The van der Waals surface area contributed by atoms with Crippen molar-refractivity contribution < 1.29 is 9.53 Å². The Morgan fingerprint density at radius 1 is 1.13 bits per heavy atom. The molecule has 4 aromatic rings. The molecule has 1 aliphatic rings. The predicted molar refractivity (Wildman–Crippen MR) is 118 cm³/mol. The van der Waals surface area contributed by atoms with Crippen molar-refractivity contribution >= 4 is 27.7 Å². The minimum absolute atomic E-state index is 0.0516. The lowest BCUT2D eigenvalue weighted by molar-refractivity contribution is -0.130. The van der Waals surface area contributed by atoms with Gasteiger partial charge in [-0.15, -0.1) is 0 Å². The summed E-state index contributed by atoms with van der Waals surface area (Å²) in [5.74, 6) is 0.806. The summed E-state index contributed by atoms with van der Waals surface area (Å²) in [5, 5.41) is 5.56. The van der Waals surface area contributed by atoms with Crippen LogP contribution in [0, 0.1) is 0 Å². The fourth-order valence-corrected chi connectivity index (χ4v) is 4.27. The first kappa shape index (κ1) is 18.8.